The molecule has 2 aromatic rings. The fourth-order valence-corrected chi connectivity index (χ4v) is 7.55. The molecule has 4 heterocycles. The molecular weight excluding hydrogens is 737 g/mol. The maximum absolute atomic E-state index is 12.9. The van der Waals surface area contributed by atoms with Crippen LogP contribution in [0.5, 0.6) is 23.0 Å². The molecule has 41 heavy (non-hydrogen) atoms. The number of phenolic OH excluding ortho intramolecular Hbond substituents is 2. The first-order chi connectivity index (χ1) is 19.1. The third-order valence-electron chi connectivity index (χ3n) is 9.79. The molecule has 1 saturated heterocycles. The molecule has 2 aromatic carbocycles. The number of ether oxygens (including phenoxy) is 2. The molecule has 0 aliphatic carbocycles. The first kappa shape index (κ1) is 30.9. The zero-order chi connectivity index (χ0) is 28.5. The van der Waals surface area contributed by atoms with E-state index in [1.165, 1.54) is 0 Å². The van der Waals surface area contributed by atoms with Crippen LogP contribution in [0, 0.1) is 64.8 Å². The van der Waals surface area contributed by atoms with Crippen LogP contribution in [0.15, 0.2) is 6.07 Å². The van der Waals surface area contributed by atoms with Crippen molar-refractivity contribution in [2.24, 2.45) is 0 Å². The minimum atomic E-state index is -0.834. The van der Waals surface area contributed by atoms with Crippen LogP contribution in [0.3, 0.4) is 0 Å². The Labute approximate surface area is 277 Å². The van der Waals surface area contributed by atoms with Gasteiger partial charge in [-0.3, -0.25) is 14.6 Å². The number of hydrogen-bond acceptors (Lipinski definition) is 8. The second-order valence-corrected chi connectivity index (χ2v) is 12.0. The molecule has 219 valence electrons. The first-order valence-corrected chi connectivity index (χ1v) is 14.6. The van der Waals surface area contributed by atoms with Gasteiger partial charge in [-0.1, -0.05) is 25.8 Å². The Morgan fingerprint density at radius 1 is 1.02 bits per heavy atom. The Morgan fingerprint density at radius 3 is 2.49 bits per heavy atom. The number of aliphatic hydroxyl groups is 1. The molecule has 1 unspecified atom stereocenters. The zero-order valence-corrected chi connectivity index (χ0v) is 29.4. The average molecular weight is 779 g/mol. The number of aromatic hydroxyl groups is 2. The van der Waals surface area contributed by atoms with Gasteiger partial charge in [0.05, 0.1) is 18.1 Å². The van der Waals surface area contributed by atoms with Gasteiger partial charge in [-0.15, -0.1) is 0 Å². The Bertz CT molecular complexity index is 1370. The summed E-state index contributed by atoms with van der Waals surface area (Å²) in [4.78, 5) is 17.1. The maximum atomic E-state index is 12.9. The van der Waals surface area contributed by atoms with Crippen molar-refractivity contribution in [2.75, 3.05) is 20.4 Å². The van der Waals surface area contributed by atoms with Crippen LogP contribution in [0.4, 0.5) is 0 Å². The topological polar surface area (TPSA) is 115 Å². The van der Waals surface area contributed by atoms with Crippen molar-refractivity contribution in [3.8, 4) is 23.0 Å². The molecule has 0 aromatic heterocycles. The Balaban J connectivity index is 0.00000337. The van der Waals surface area contributed by atoms with Gasteiger partial charge in [0, 0.05) is 85.3 Å². The predicted molar refractivity (Wildman–Crippen MR) is 150 cm³/mol. The van der Waals surface area contributed by atoms with Crippen molar-refractivity contribution >= 4 is 5.91 Å². The molecular formula is C31H41AcN3O6. The molecule has 6 rings (SSSR count). The molecule has 1 fully saturated rings. The van der Waals surface area contributed by atoms with Gasteiger partial charge in [-0.2, -0.15) is 0 Å². The van der Waals surface area contributed by atoms with Gasteiger partial charge in [-0.05, 0) is 63.8 Å². The van der Waals surface area contributed by atoms with Crippen molar-refractivity contribution in [3.63, 3.8) is 0 Å². The van der Waals surface area contributed by atoms with Crippen LogP contribution in [0.1, 0.15) is 83.6 Å². The van der Waals surface area contributed by atoms with Crippen molar-refractivity contribution in [3.05, 3.63) is 45.0 Å². The number of aliphatic hydroxyl groups excluding tert-OH is 1. The molecule has 0 saturated carbocycles. The quantitative estimate of drug-likeness (QED) is 0.329. The number of carbonyl (C=O) groups excluding carboxylic acids is 1. The van der Waals surface area contributed by atoms with Gasteiger partial charge >= 0.3 is 0 Å². The Morgan fingerprint density at radius 2 is 1.76 bits per heavy atom. The van der Waals surface area contributed by atoms with Crippen molar-refractivity contribution in [1.29, 1.82) is 0 Å². The molecule has 10 heteroatoms. The Hall–Kier alpha value is -1.57. The van der Waals surface area contributed by atoms with E-state index < -0.39 is 12.3 Å². The number of likely N-dealkylation sites (N-methyl/N-ethyl adjacent to an activating group) is 1. The molecule has 0 spiro atoms. The molecule has 5 atom stereocenters. The van der Waals surface area contributed by atoms with Gasteiger partial charge in [0.15, 0.2) is 11.5 Å². The Kier molecular flexibility index (Phi) is 8.92. The van der Waals surface area contributed by atoms with E-state index in [0.717, 1.165) is 52.6 Å². The summed E-state index contributed by atoms with van der Waals surface area (Å²) in [5, 5.41) is 38.0. The molecule has 4 aliphatic heterocycles. The van der Waals surface area contributed by atoms with Crippen LogP contribution in [0.2, 0.25) is 0 Å². The van der Waals surface area contributed by atoms with Crippen LogP contribution >= 0.6 is 0 Å². The van der Waals surface area contributed by atoms with E-state index in [0.29, 0.717) is 42.1 Å². The average Bonchev–Trinajstić information content (AvgIpc) is 3.42. The first-order valence-electron chi connectivity index (χ1n) is 14.6. The third kappa shape index (κ3) is 4.86. The SMILES string of the molecule is CCCCCC(=O)NC[C@H]1c2c(c(O)c(C)c3c2OCO3)CC2[C@@H]3c4c(cc(C)c(C)c4O)C[C@@H]([C@H](O)N21)N3C.[Ac]. The summed E-state index contributed by atoms with van der Waals surface area (Å²) in [5.41, 5.74) is 6.00. The van der Waals surface area contributed by atoms with Gasteiger partial charge in [-0.25, -0.2) is 0 Å². The van der Waals surface area contributed by atoms with Crippen LogP contribution in [-0.4, -0.2) is 69.7 Å². The summed E-state index contributed by atoms with van der Waals surface area (Å²) >= 11 is 0. The summed E-state index contributed by atoms with van der Waals surface area (Å²) < 4.78 is 11.7. The molecule has 2 bridgehead atoms. The summed E-state index contributed by atoms with van der Waals surface area (Å²) in [6, 6.07) is 1.02. The number of nitrogens with zero attached hydrogens (tertiary/aromatic N) is 2. The minimum absolute atomic E-state index is 0. The largest absolute Gasteiger partial charge is 0.507 e. The standard InChI is InChI=1S/C31H41N3O6.Ac/c1-6-7-8-9-23(35)32-13-22-25-19(27(36)17(4)29-30(25)40-14-39-29)12-20-26-24-18(10-15(2)16(3)28(24)37)11-21(33(26)5)31(38)34(20)22;/h10,20-22,26,31,36-38H,6-9,11-14H2,1-5H3,(H,32,35);/t20?,21-,22-,26+,31-;/m0./s1. The third-order valence-corrected chi connectivity index (χ3v) is 9.79. The fraction of sp³-hybridized carbons (Fsp3) is 0.581. The maximum Gasteiger partial charge on any atom is 0.231 e. The van der Waals surface area contributed by atoms with Gasteiger partial charge in [0.2, 0.25) is 12.7 Å². The second-order valence-electron chi connectivity index (χ2n) is 12.0. The van der Waals surface area contributed by atoms with Crippen LogP contribution < -0.4 is 14.8 Å². The number of carbonyl (C=O) groups is 1. The number of unbranched alkanes of at least 4 members (excludes halogenated alkanes) is 2. The van der Waals surface area contributed by atoms with Crippen molar-refractivity contribution in [2.45, 2.75) is 96.6 Å². The van der Waals surface area contributed by atoms with Crippen LogP contribution in [0.25, 0.3) is 0 Å². The van der Waals surface area contributed by atoms with Gasteiger partial charge < -0.3 is 30.1 Å². The van der Waals surface area contributed by atoms with E-state index in [-0.39, 0.29) is 87.2 Å². The van der Waals surface area contributed by atoms with E-state index in [1.807, 2.05) is 27.8 Å². The number of benzene rings is 2. The smallest absolute Gasteiger partial charge is 0.231 e. The van der Waals surface area contributed by atoms with E-state index in [4.69, 9.17) is 9.47 Å². The fourth-order valence-electron chi connectivity index (χ4n) is 7.55. The molecule has 4 aliphatic rings. The number of nitrogens with one attached hydrogen (secondary N) is 1. The number of hydrogen-bond donors (Lipinski definition) is 4. The van der Waals surface area contributed by atoms with E-state index in [1.54, 1.807) is 0 Å². The minimum Gasteiger partial charge on any atom is -0.507 e. The van der Waals surface area contributed by atoms with Crippen molar-refractivity contribution in [1.82, 2.24) is 15.1 Å². The normalized spacial score (nSPS) is 26.0. The summed E-state index contributed by atoms with van der Waals surface area (Å²) in [6.07, 6.45) is 3.52. The zero-order valence-electron chi connectivity index (χ0n) is 24.7. The van der Waals surface area contributed by atoms with Gasteiger partial charge in [0.25, 0.3) is 0 Å². The molecule has 1 amide bonds. The monoisotopic (exact) mass is 778 g/mol. The summed E-state index contributed by atoms with van der Waals surface area (Å²) in [7, 11) is 2.01. The number of rotatable bonds is 6. The molecule has 9 nitrogen and oxygen atoms in total. The summed E-state index contributed by atoms with van der Waals surface area (Å²) in [5.74, 6) is 1.55. The predicted octanol–water partition coefficient (Wildman–Crippen LogP) is 3.65. The number of amides is 1. The number of fused-ring (bicyclic) bond motifs is 9. The van der Waals surface area contributed by atoms with E-state index in [9.17, 15) is 20.1 Å². The van der Waals surface area contributed by atoms with Crippen LogP contribution in [-0.2, 0) is 17.6 Å². The molecule has 4 N–H and O–H groups in total. The number of phenols is 2. The number of piperazine rings is 1. The number of aryl methyl sites for hydroxylation is 1. The second kappa shape index (κ2) is 11.8. The molecule has 1 radical (unpaired) electrons. The summed E-state index contributed by atoms with van der Waals surface area (Å²) in [6.45, 7) is 8.20. The van der Waals surface area contributed by atoms with E-state index in [2.05, 4.69) is 28.1 Å². The van der Waals surface area contributed by atoms with Crippen molar-refractivity contribution < 1.29 is 73.7 Å². The van der Waals surface area contributed by atoms with E-state index >= 15 is 0 Å². The van der Waals surface area contributed by atoms with Gasteiger partial charge in [0.1, 0.15) is 17.7 Å².